The highest BCUT2D eigenvalue weighted by Gasteiger charge is 2.15. The third kappa shape index (κ3) is 2.91. The molecule has 0 N–H and O–H groups in total. The van der Waals surface area contributed by atoms with Gasteiger partial charge in [-0.15, -0.1) is 0 Å². The average molecular weight is 258 g/mol. The number of hydrogen-bond acceptors (Lipinski definition) is 4. The van der Waals surface area contributed by atoms with Crippen LogP contribution in [-0.2, 0) is 0 Å². The van der Waals surface area contributed by atoms with Crippen LogP contribution >= 0.6 is 0 Å². The minimum Gasteiger partial charge on any atom is -0.457 e. The molecule has 2 rings (SSSR count). The topological polar surface area (TPSA) is 56.5 Å². The molecule has 0 atom stereocenters. The number of carbonyl (C=O) groups is 2. The van der Waals surface area contributed by atoms with Gasteiger partial charge in [-0.1, -0.05) is 6.92 Å². The third-order valence-electron chi connectivity index (χ3n) is 2.76. The van der Waals surface area contributed by atoms with Crippen LogP contribution in [0, 0.1) is 6.92 Å². The van der Waals surface area contributed by atoms with Crippen molar-refractivity contribution >= 4 is 11.8 Å². The van der Waals surface area contributed by atoms with Gasteiger partial charge in [0.25, 0.3) is 0 Å². The van der Waals surface area contributed by atoms with Gasteiger partial charge in [-0.2, -0.15) is 0 Å². The van der Waals surface area contributed by atoms with E-state index in [-0.39, 0.29) is 11.5 Å². The van der Waals surface area contributed by atoms with Gasteiger partial charge in [-0.3, -0.25) is 4.79 Å². The largest absolute Gasteiger partial charge is 0.457 e. The van der Waals surface area contributed by atoms with Crippen molar-refractivity contribution in [2.45, 2.75) is 20.3 Å². The quantitative estimate of drug-likeness (QED) is 0.479. The molecule has 0 radical (unpaired) electrons. The third-order valence-corrected chi connectivity index (χ3v) is 2.76. The molecule has 0 bridgehead atoms. The summed E-state index contributed by atoms with van der Waals surface area (Å²) in [5, 5.41) is 0. The van der Waals surface area contributed by atoms with Crippen LogP contribution in [0.3, 0.4) is 0 Å². The summed E-state index contributed by atoms with van der Waals surface area (Å²) < 4.78 is 10.2. The van der Waals surface area contributed by atoms with E-state index < -0.39 is 5.97 Å². The SMILES string of the molecule is CCC(=O)c1ccc(OC(=O)c2occc2C)cc1. The lowest BCUT2D eigenvalue weighted by atomic mass is 10.1. The zero-order chi connectivity index (χ0) is 13.8. The maximum atomic E-state index is 11.8. The normalized spacial score (nSPS) is 10.2. The average Bonchev–Trinajstić information content (AvgIpc) is 2.85. The number of aryl methyl sites for hydroxylation is 1. The van der Waals surface area contributed by atoms with Crippen molar-refractivity contribution in [3.63, 3.8) is 0 Å². The summed E-state index contributed by atoms with van der Waals surface area (Å²) in [6.45, 7) is 3.57. The summed E-state index contributed by atoms with van der Waals surface area (Å²) >= 11 is 0. The summed E-state index contributed by atoms with van der Waals surface area (Å²) in [7, 11) is 0. The minimum absolute atomic E-state index is 0.0553. The van der Waals surface area contributed by atoms with Gasteiger partial charge >= 0.3 is 5.97 Å². The van der Waals surface area contributed by atoms with Crippen LogP contribution in [0.15, 0.2) is 41.0 Å². The Hall–Kier alpha value is -2.36. The van der Waals surface area contributed by atoms with Crippen LogP contribution in [0.5, 0.6) is 5.75 Å². The number of ketones is 1. The number of furan rings is 1. The number of Topliss-reactive ketones (excluding diaryl/α,β-unsaturated/α-hetero) is 1. The molecule has 4 nitrogen and oxygen atoms in total. The molecule has 0 saturated heterocycles. The Morgan fingerprint density at radius 1 is 1.16 bits per heavy atom. The molecule has 19 heavy (non-hydrogen) atoms. The zero-order valence-corrected chi connectivity index (χ0v) is 10.8. The van der Waals surface area contributed by atoms with Crippen molar-refractivity contribution in [1.29, 1.82) is 0 Å². The fraction of sp³-hybridized carbons (Fsp3) is 0.200. The van der Waals surface area contributed by atoms with E-state index in [0.29, 0.717) is 17.7 Å². The molecule has 0 spiro atoms. The van der Waals surface area contributed by atoms with Crippen LogP contribution in [0.1, 0.15) is 39.8 Å². The Morgan fingerprint density at radius 2 is 1.84 bits per heavy atom. The standard InChI is InChI=1S/C15H14O4/c1-3-13(16)11-4-6-12(7-5-11)19-15(17)14-10(2)8-9-18-14/h4-9H,3H2,1-2H3. The highest BCUT2D eigenvalue weighted by molar-refractivity contribution is 5.96. The van der Waals surface area contributed by atoms with Crippen LogP contribution < -0.4 is 4.74 Å². The summed E-state index contributed by atoms with van der Waals surface area (Å²) in [4.78, 5) is 23.2. The molecule has 0 saturated carbocycles. The van der Waals surface area contributed by atoms with Crippen molar-refractivity contribution in [2.24, 2.45) is 0 Å². The van der Waals surface area contributed by atoms with E-state index in [1.165, 1.54) is 6.26 Å². The molecular formula is C15H14O4. The van der Waals surface area contributed by atoms with Crippen molar-refractivity contribution in [1.82, 2.24) is 0 Å². The number of esters is 1. The smallest absolute Gasteiger partial charge is 0.379 e. The molecule has 98 valence electrons. The van der Waals surface area contributed by atoms with Gasteiger partial charge in [0, 0.05) is 17.5 Å². The zero-order valence-electron chi connectivity index (χ0n) is 10.8. The molecule has 0 aliphatic carbocycles. The molecule has 1 aromatic carbocycles. The van der Waals surface area contributed by atoms with E-state index in [1.807, 2.05) is 0 Å². The van der Waals surface area contributed by atoms with E-state index in [9.17, 15) is 9.59 Å². The second-order valence-electron chi connectivity index (χ2n) is 4.12. The number of ether oxygens (including phenoxy) is 1. The van der Waals surface area contributed by atoms with Crippen LogP contribution in [0.2, 0.25) is 0 Å². The van der Waals surface area contributed by atoms with Gasteiger partial charge in [0.1, 0.15) is 5.75 Å². The lowest BCUT2D eigenvalue weighted by Gasteiger charge is -2.04. The second-order valence-corrected chi connectivity index (χ2v) is 4.12. The van der Waals surface area contributed by atoms with Gasteiger partial charge in [-0.25, -0.2) is 4.79 Å². The van der Waals surface area contributed by atoms with Crippen LogP contribution in [0.25, 0.3) is 0 Å². The summed E-state index contributed by atoms with van der Waals surface area (Å²) in [5.74, 6) is 0.0824. The lowest BCUT2D eigenvalue weighted by Crippen LogP contribution is -2.08. The highest BCUT2D eigenvalue weighted by atomic mass is 16.5. The molecular weight excluding hydrogens is 244 g/mol. The summed E-state index contributed by atoms with van der Waals surface area (Å²) in [5.41, 5.74) is 1.33. The Morgan fingerprint density at radius 3 is 2.37 bits per heavy atom. The lowest BCUT2D eigenvalue weighted by molar-refractivity contribution is 0.0700. The first kappa shape index (κ1) is 13.1. The highest BCUT2D eigenvalue weighted by Crippen LogP contribution is 2.17. The molecule has 0 aliphatic rings. The van der Waals surface area contributed by atoms with Crippen molar-refractivity contribution in [3.8, 4) is 5.75 Å². The Kier molecular flexibility index (Phi) is 3.80. The number of rotatable bonds is 4. The molecule has 0 amide bonds. The molecule has 1 heterocycles. The molecule has 0 unspecified atom stereocenters. The molecule has 4 heteroatoms. The number of hydrogen-bond donors (Lipinski definition) is 0. The van der Waals surface area contributed by atoms with Gasteiger partial charge in [-0.05, 0) is 37.3 Å². The fourth-order valence-corrected chi connectivity index (χ4v) is 1.65. The second kappa shape index (κ2) is 5.52. The fourth-order valence-electron chi connectivity index (χ4n) is 1.65. The maximum Gasteiger partial charge on any atom is 0.379 e. The van der Waals surface area contributed by atoms with Gasteiger partial charge in [0.05, 0.1) is 6.26 Å². The number of carbonyl (C=O) groups excluding carboxylic acids is 2. The molecule has 2 aromatic rings. The Labute approximate surface area is 111 Å². The van der Waals surface area contributed by atoms with Crippen molar-refractivity contribution < 1.29 is 18.7 Å². The molecule has 1 aromatic heterocycles. The summed E-state index contributed by atoms with van der Waals surface area (Å²) in [6, 6.07) is 8.17. The number of benzene rings is 1. The van der Waals surface area contributed by atoms with Crippen molar-refractivity contribution in [3.05, 3.63) is 53.5 Å². The summed E-state index contributed by atoms with van der Waals surface area (Å²) in [6.07, 6.45) is 1.89. The Balaban J connectivity index is 2.10. The predicted molar refractivity (Wildman–Crippen MR) is 69.5 cm³/mol. The first-order valence-corrected chi connectivity index (χ1v) is 6.01. The van der Waals surface area contributed by atoms with Crippen LogP contribution in [0.4, 0.5) is 0 Å². The van der Waals surface area contributed by atoms with E-state index in [1.54, 1.807) is 44.2 Å². The molecule has 0 aliphatic heterocycles. The van der Waals surface area contributed by atoms with Crippen molar-refractivity contribution in [2.75, 3.05) is 0 Å². The maximum absolute atomic E-state index is 11.8. The van der Waals surface area contributed by atoms with E-state index in [2.05, 4.69) is 0 Å². The van der Waals surface area contributed by atoms with E-state index in [0.717, 1.165) is 5.56 Å². The predicted octanol–water partition coefficient (Wildman–Crippen LogP) is 3.40. The van der Waals surface area contributed by atoms with Gasteiger partial charge in [0.15, 0.2) is 5.78 Å². The first-order chi connectivity index (χ1) is 9.11. The minimum atomic E-state index is -0.544. The Bertz CT molecular complexity index is 593. The van der Waals surface area contributed by atoms with Crippen LogP contribution in [-0.4, -0.2) is 11.8 Å². The molecule has 0 fully saturated rings. The monoisotopic (exact) mass is 258 g/mol. The first-order valence-electron chi connectivity index (χ1n) is 6.01. The van der Waals surface area contributed by atoms with E-state index in [4.69, 9.17) is 9.15 Å². The van der Waals surface area contributed by atoms with Gasteiger partial charge in [0.2, 0.25) is 5.76 Å². The van der Waals surface area contributed by atoms with E-state index >= 15 is 0 Å². The van der Waals surface area contributed by atoms with Gasteiger partial charge < -0.3 is 9.15 Å².